The van der Waals surface area contributed by atoms with E-state index in [1.807, 2.05) is 6.07 Å². The molecule has 0 aromatic heterocycles. The van der Waals surface area contributed by atoms with Crippen LogP contribution in [0, 0.1) is 5.92 Å². The van der Waals surface area contributed by atoms with Crippen LogP contribution in [0.2, 0.25) is 5.02 Å². The van der Waals surface area contributed by atoms with Crippen LogP contribution >= 0.6 is 11.6 Å². The maximum absolute atomic E-state index is 6.17. The fourth-order valence-electron chi connectivity index (χ4n) is 3.31. The summed E-state index contributed by atoms with van der Waals surface area (Å²) in [6.07, 6.45) is 8.38. The summed E-state index contributed by atoms with van der Waals surface area (Å²) >= 11 is 6.17. The van der Waals surface area contributed by atoms with E-state index in [2.05, 4.69) is 30.4 Å². The summed E-state index contributed by atoms with van der Waals surface area (Å²) in [7, 11) is 0. The van der Waals surface area contributed by atoms with E-state index in [4.69, 9.17) is 11.6 Å². The SMILES string of the molecule is CCNCC(c1cccc(Cl)c1)C1CCCCCC1. The Hall–Kier alpha value is -0.530. The van der Waals surface area contributed by atoms with E-state index >= 15 is 0 Å². The summed E-state index contributed by atoms with van der Waals surface area (Å²) in [5.74, 6) is 1.44. The van der Waals surface area contributed by atoms with Crippen molar-refractivity contribution in [3.8, 4) is 0 Å². The highest BCUT2D eigenvalue weighted by molar-refractivity contribution is 6.30. The van der Waals surface area contributed by atoms with Gasteiger partial charge in [-0.2, -0.15) is 0 Å². The van der Waals surface area contributed by atoms with Gasteiger partial charge in [-0.05, 0) is 48.9 Å². The lowest BCUT2D eigenvalue weighted by Crippen LogP contribution is -2.26. The zero-order valence-corrected chi connectivity index (χ0v) is 12.8. The number of halogens is 1. The van der Waals surface area contributed by atoms with Crippen LogP contribution in [-0.4, -0.2) is 13.1 Å². The van der Waals surface area contributed by atoms with Crippen molar-refractivity contribution >= 4 is 11.6 Å². The average molecular weight is 280 g/mol. The minimum atomic E-state index is 0.622. The number of rotatable bonds is 5. The van der Waals surface area contributed by atoms with Gasteiger partial charge in [0.1, 0.15) is 0 Å². The third kappa shape index (κ3) is 4.50. The normalized spacial score (nSPS) is 19.1. The van der Waals surface area contributed by atoms with E-state index in [-0.39, 0.29) is 0 Å². The molecule has 0 bridgehead atoms. The molecule has 2 heteroatoms. The van der Waals surface area contributed by atoms with Crippen molar-refractivity contribution in [2.24, 2.45) is 5.92 Å². The molecule has 0 aliphatic heterocycles. The zero-order chi connectivity index (χ0) is 13.5. The summed E-state index contributed by atoms with van der Waals surface area (Å²) in [5, 5.41) is 4.41. The first kappa shape index (κ1) is 14.9. The largest absolute Gasteiger partial charge is 0.316 e. The molecule has 1 aliphatic carbocycles. The standard InChI is InChI=1S/C17H26ClN/c1-2-19-13-17(14-8-5-3-4-6-9-14)15-10-7-11-16(18)12-15/h7,10-12,14,17,19H,2-6,8-9,13H2,1H3. The Morgan fingerprint density at radius 1 is 1.21 bits per heavy atom. The highest BCUT2D eigenvalue weighted by Crippen LogP contribution is 2.35. The monoisotopic (exact) mass is 279 g/mol. The molecular weight excluding hydrogens is 254 g/mol. The Kier molecular flexibility index (Phi) is 6.19. The molecule has 1 unspecified atom stereocenters. The van der Waals surface area contributed by atoms with E-state index in [0.717, 1.165) is 24.0 Å². The van der Waals surface area contributed by atoms with Crippen LogP contribution in [0.15, 0.2) is 24.3 Å². The maximum atomic E-state index is 6.17. The third-order valence-electron chi connectivity index (χ3n) is 4.36. The van der Waals surface area contributed by atoms with E-state index < -0.39 is 0 Å². The van der Waals surface area contributed by atoms with Gasteiger partial charge in [-0.1, -0.05) is 56.3 Å². The summed E-state index contributed by atoms with van der Waals surface area (Å²) in [6, 6.07) is 8.48. The Bertz CT molecular complexity index is 369. The van der Waals surface area contributed by atoms with Crippen molar-refractivity contribution in [3.05, 3.63) is 34.9 Å². The van der Waals surface area contributed by atoms with E-state index in [1.165, 1.54) is 44.1 Å². The quantitative estimate of drug-likeness (QED) is 0.748. The van der Waals surface area contributed by atoms with Crippen LogP contribution in [-0.2, 0) is 0 Å². The topological polar surface area (TPSA) is 12.0 Å². The first-order valence-corrected chi connectivity index (χ1v) is 8.15. The van der Waals surface area contributed by atoms with Crippen LogP contribution in [0.1, 0.15) is 56.9 Å². The Morgan fingerprint density at radius 3 is 2.58 bits per heavy atom. The van der Waals surface area contributed by atoms with Gasteiger partial charge in [0.05, 0.1) is 0 Å². The smallest absolute Gasteiger partial charge is 0.0408 e. The van der Waals surface area contributed by atoms with Crippen LogP contribution in [0.5, 0.6) is 0 Å². The van der Waals surface area contributed by atoms with Crippen molar-refractivity contribution in [1.29, 1.82) is 0 Å². The fraction of sp³-hybridized carbons (Fsp3) is 0.647. The van der Waals surface area contributed by atoms with Gasteiger partial charge < -0.3 is 5.32 Å². The van der Waals surface area contributed by atoms with Crippen LogP contribution in [0.25, 0.3) is 0 Å². The highest BCUT2D eigenvalue weighted by atomic mass is 35.5. The average Bonchev–Trinajstić information content (AvgIpc) is 2.68. The molecule has 1 atom stereocenters. The van der Waals surface area contributed by atoms with Crippen molar-refractivity contribution < 1.29 is 0 Å². The Morgan fingerprint density at radius 2 is 1.95 bits per heavy atom. The van der Waals surface area contributed by atoms with Crippen molar-refractivity contribution in [1.82, 2.24) is 5.32 Å². The summed E-state index contributed by atoms with van der Waals surface area (Å²) in [4.78, 5) is 0. The van der Waals surface area contributed by atoms with Crippen LogP contribution in [0.4, 0.5) is 0 Å². The molecule has 1 N–H and O–H groups in total. The lowest BCUT2D eigenvalue weighted by atomic mass is 9.81. The van der Waals surface area contributed by atoms with Gasteiger partial charge in [-0.3, -0.25) is 0 Å². The molecule has 19 heavy (non-hydrogen) atoms. The molecule has 1 aromatic carbocycles. The molecule has 106 valence electrons. The second kappa shape index (κ2) is 7.91. The van der Waals surface area contributed by atoms with Crippen LogP contribution < -0.4 is 5.32 Å². The Labute approximate surface area is 122 Å². The molecule has 2 rings (SSSR count). The van der Waals surface area contributed by atoms with Gasteiger partial charge in [0, 0.05) is 11.6 Å². The number of benzene rings is 1. The summed E-state index contributed by atoms with van der Waals surface area (Å²) in [6.45, 7) is 4.31. The number of hydrogen-bond acceptors (Lipinski definition) is 1. The molecule has 0 radical (unpaired) electrons. The predicted octanol–water partition coefficient (Wildman–Crippen LogP) is 5.00. The molecular formula is C17H26ClN. The number of nitrogens with one attached hydrogen (secondary N) is 1. The lowest BCUT2D eigenvalue weighted by molar-refractivity contribution is 0.363. The first-order chi connectivity index (χ1) is 9.31. The second-order valence-electron chi connectivity index (χ2n) is 5.72. The minimum absolute atomic E-state index is 0.622. The molecule has 0 spiro atoms. The molecule has 0 saturated heterocycles. The van der Waals surface area contributed by atoms with E-state index in [9.17, 15) is 0 Å². The maximum Gasteiger partial charge on any atom is 0.0408 e. The second-order valence-corrected chi connectivity index (χ2v) is 6.16. The molecule has 1 aliphatic rings. The molecule has 0 heterocycles. The summed E-state index contributed by atoms with van der Waals surface area (Å²) < 4.78 is 0. The fourth-order valence-corrected chi connectivity index (χ4v) is 3.51. The minimum Gasteiger partial charge on any atom is -0.316 e. The van der Waals surface area contributed by atoms with Gasteiger partial charge in [-0.15, -0.1) is 0 Å². The van der Waals surface area contributed by atoms with Crippen molar-refractivity contribution in [2.75, 3.05) is 13.1 Å². The zero-order valence-electron chi connectivity index (χ0n) is 12.0. The molecule has 1 nitrogen and oxygen atoms in total. The van der Waals surface area contributed by atoms with Crippen LogP contribution in [0.3, 0.4) is 0 Å². The lowest BCUT2D eigenvalue weighted by Gasteiger charge is -2.27. The highest BCUT2D eigenvalue weighted by Gasteiger charge is 2.23. The molecule has 0 amide bonds. The predicted molar refractivity (Wildman–Crippen MR) is 83.9 cm³/mol. The Balaban J connectivity index is 2.13. The van der Waals surface area contributed by atoms with Gasteiger partial charge >= 0.3 is 0 Å². The van der Waals surface area contributed by atoms with Gasteiger partial charge in [-0.25, -0.2) is 0 Å². The van der Waals surface area contributed by atoms with Gasteiger partial charge in [0.15, 0.2) is 0 Å². The third-order valence-corrected chi connectivity index (χ3v) is 4.60. The molecule has 1 fully saturated rings. The van der Waals surface area contributed by atoms with Crippen molar-refractivity contribution in [3.63, 3.8) is 0 Å². The number of hydrogen-bond donors (Lipinski definition) is 1. The van der Waals surface area contributed by atoms with Crippen molar-refractivity contribution in [2.45, 2.75) is 51.4 Å². The van der Waals surface area contributed by atoms with E-state index in [0.29, 0.717) is 5.92 Å². The first-order valence-electron chi connectivity index (χ1n) is 7.77. The molecule has 1 saturated carbocycles. The number of likely N-dealkylation sites (N-methyl/N-ethyl adjacent to an activating group) is 1. The van der Waals surface area contributed by atoms with E-state index in [1.54, 1.807) is 0 Å². The van der Waals surface area contributed by atoms with Gasteiger partial charge in [0.2, 0.25) is 0 Å². The van der Waals surface area contributed by atoms with Gasteiger partial charge in [0.25, 0.3) is 0 Å². The summed E-state index contributed by atoms with van der Waals surface area (Å²) in [5.41, 5.74) is 1.42. The molecule has 1 aromatic rings.